The number of nitrogens with zero attached hydrogens (tertiary/aromatic N) is 2. The predicted molar refractivity (Wildman–Crippen MR) is 122 cm³/mol. The van der Waals surface area contributed by atoms with Crippen LogP contribution in [0.1, 0.15) is 43.6 Å². The van der Waals surface area contributed by atoms with Gasteiger partial charge >= 0.3 is 6.03 Å². The number of anilines is 1. The lowest BCUT2D eigenvalue weighted by Gasteiger charge is -2.32. The zero-order chi connectivity index (χ0) is 21.8. The number of imidazole rings is 1. The first kappa shape index (κ1) is 20.9. The van der Waals surface area contributed by atoms with Crippen molar-refractivity contribution in [2.24, 2.45) is 5.92 Å². The van der Waals surface area contributed by atoms with E-state index in [1.165, 1.54) is 0 Å². The van der Waals surface area contributed by atoms with Gasteiger partial charge in [-0.15, -0.1) is 0 Å². The molecule has 1 aromatic heterocycles. The van der Waals surface area contributed by atoms with Crippen molar-refractivity contribution in [1.29, 1.82) is 0 Å². The number of para-hydroxylation sites is 2. The molecule has 3 amide bonds. The molecule has 4 rings (SSSR count). The lowest BCUT2D eigenvalue weighted by molar-refractivity contribution is -0.127. The molecule has 7 heteroatoms. The van der Waals surface area contributed by atoms with Crippen molar-refractivity contribution in [3.05, 3.63) is 59.9 Å². The Morgan fingerprint density at radius 1 is 1.16 bits per heavy atom. The second kappa shape index (κ2) is 9.20. The minimum absolute atomic E-state index is 0.0334. The van der Waals surface area contributed by atoms with Crippen LogP contribution in [0.5, 0.6) is 0 Å². The second-order valence-electron chi connectivity index (χ2n) is 8.17. The number of rotatable bonds is 5. The number of benzene rings is 2. The average Bonchev–Trinajstić information content (AvgIpc) is 3.21. The van der Waals surface area contributed by atoms with Gasteiger partial charge in [0.15, 0.2) is 0 Å². The number of likely N-dealkylation sites (tertiary alicyclic amines) is 1. The molecule has 3 N–H and O–H groups in total. The van der Waals surface area contributed by atoms with Crippen LogP contribution >= 0.6 is 0 Å². The van der Waals surface area contributed by atoms with E-state index < -0.39 is 0 Å². The van der Waals surface area contributed by atoms with E-state index in [0.717, 1.165) is 34.5 Å². The van der Waals surface area contributed by atoms with Crippen LogP contribution in [0.15, 0.2) is 48.5 Å². The maximum absolute atomic E-state index is 12.9. The highest BCUT2D eigenvalue weighted by molar-refractivity contribution is 5.89. The van der Waals surface area contributed by atoms with Gasteiger partial charge in [0.05, 0.1) is 17.1 Å². The molecule has 1 aliphatic rings. The highest BCUT2D eigenvalue weighted by atomic mass is 16.2. The number of hydrogen-bond donors (Lipinski definition) is 3. The maximum Gasteiger partial charge on any atom is 0.321 e. The van der Waals surface area contributed by atoms with Gasteiger partial charge in [0.2, 0.25) is 5.91 Å². The van der Waals surface area contributed by atoms with Crippen LogP contribution in [0, 0.1) is 12.8 Å². The SMILES string of the molecule is CCC(NC(=O)C1CCN(C(=O)Nc2cccc(C)c2)CC1)c1nc2ccccc2[nH]1. The Balaban J connectivity index is 1.31. The Morgan fingerprint density at radius 3 is 2.65 bits per heavy atom. The van der Waals surface area contributed by atoms with Crippen molar-refractivity contribution in [3.8, 4) is 0 Å². The molecule has 0 radical (unpaired) electrons. The third kappa shape index (κ3) is 4.87. The number of fused-ring (bicyclic) bond motifs is 1. The van der Waals surface area contributed by atoms with Gasteiger partial charge in [-0.2, -0.15) is 0 Å². The van der Waals surface area contributed by atoms with Gasteiger partial charge in [-0.3, -0.25) is 4.79 Å². The van der Waals surface area contributed by atoms with E-state index in [9.17, 15) is 9.59 Å². The minimum atomic E-state index is -0.150. The molecule has 0 spiro atoms. The number of urea groups is 1. The second-order valence-corrected chi connectivity index (χ2v) is 8.17. The Bertz CT molecular complexity index is 1040. The number of H-pyrrole nitrogens is 1. The summed E-state index contributed by atoms with van der Waals surface area (Å²) in [6.07, 6.45) is 2.07. The normalized spacial score (nSPS) is 15.6. The van der Waals surface area contributed by atoms with E-state index >= 15 is 0 Å². The Kier molecular flexibility index (Phi) is 6.21. The number of carbonyl (C=O) groups is 2. The zero-order valence-electron chi connectivity index (χ0n) is 18.0. The van der Waals surface area contributed by atoms with Gasteiger partial charge < -0.3 is 20.5 Å². The molecule has 1 saturated heterocycles. The molecular formula is C24H29N5O2. The van der Waals surface area contributed by atoms with E-state index in [4.69, 9.17) is 0 Å². The van der Waals surface area contributed by atoms with Crippen LogP contribution < -0.4 is 10.6 Å². The smallest absolute Gasteiger partial charge is 0.321 e. The van der Waals surface area contributed by atoms with Crippen LogP contribution in [-0.2, 0) is 4.79 Å². The highest BCUT2D eigenvalue weighted by Gasteiger charge is 2.29. The molecular weight excluding hydrogens is 390 g/mol. The van der Waals surface area contributed by atoms with Gasteiger partial charge in [-0.05, 0) is 56.0 Å². The van der Waals surface area contributed by atoms with E-state index in [1.54, 1.807) is 4.90 Å². The van der Waals surface area contributed by atoms with E-state index in [2.05, 4.69) is 20.6 Å². The van der Waals surface area contributed by atoms with Crippen molar-refractivity contribution in [1.82, 2.24) is 20.2 Å². The van der Waals surface area contributed by atoms with Crippen LogP contribution in [-0.4, -0.2) is 39.9 Å². The Hall–Kier alpha value is -3.35. The molecule has 0 bridgehead atoms. The third-order valence-corrected chi connectivity index (χ3v) is 5.88. The van der Waals surface area contributed by atoms with Crippen molar-refractivity contribution in [3.63, 3.8) is 0 Å². The fourth-order valence-corrected chi connectivity index (χ4v) is 4.06. The molecule has 1 atom stereocenters. The number of hydrogen-bond acceptors (Lipinski definition) is 3. The van der Waals surface area contributed by atoms with Crippen molar-refractivity contribution in [2.75, 3.05) is 18.4 Å². The summed E-state index contributed by atoms with van der Waals surface area (Å²) in [6.45, 7) is 5.17. The lowest BCUT2D eigenvalue weighted by Crippen LogP contribution is -2.45. The first-order chi connectivity index (χ1) is 15.0. The quantitative estimate of drug-likeness (QED) is 0.573. The number of carbonyl (C=O) groups excluding carboxylic acids is 2. The number of amides is 3. The van der Waals surface area contributed by atoms with Gasteiger partial charge in [-0.1, -0.05) is 31.2 Å². The molecule has 1 unspecified atom stereocenters. The van der Waals surface area contributed by atoms with E-state index in [1.807, 2.05) is 62.4 Å². The van der Waals surface area contributed by atoms with Crippen LogP contribution in [0.2, 0.25) is 0 Å². The summed E-state index contributed by atoms with van der Waals surface area (Å²) >= 11 is 0. The summed E-state index contributed by atoms with van der Waals surface area (Å²) < 4.78 is 0. The lowest BCUT2D eigenvalue weighted by atomic mass is 9.95. The summed E-state index contributed by atoms with van der Waals surface area (Å²) in [6, 6.07) is 15.3. The summed E-state index contributed by atoms with van der Waals surface area (Å²) in [4.78, 5) is 35.2. The summed E-state index contributed by atoms with van der Waals surface area (Å²) in [7, 11) is 0. The highest BCUT2D eigenvalue weighted by Crippen LogP contribution is 2.22. The zero-order valence-corrected chi connectivity index (χ0v) is 18.0. The standard InChI is InChI=1S/C24H29N5O2/c1-3-19(22-26-20-9-4-5-10-21(20)27-22)28-23(30)17-11-13-29(14-12-17)24(31)25-18-8-6-7-16(2)15-18/h4-10,15,17,19H,3,11-14H2,1-2H3,(H,25,31)(H,26,27)(H,28,30). The van der Waals surface area contributed by atoms with Gasteiger partial charge in [0, 0.05) is 24.7 Å². The monoisotopic (exact) mass is 419 g/mol. The predicted octanol–water partition coefficient (Wildman–Crippen LogP) is 4.38. The first-order valence-electron chi connectivity index (χ1n) is 10.9. The van der Waals surface area contributed by atoms with Crippen molar-refractivity contribution < 1.29 is 9.59 Å². The minimum Gasteiger partial charge on any atom is -0.346 e. The molecule has 2 aromatic carbocycles. The topological polar surface area (TPSA) is 90.1 Å². The van der Waals surface area contributed by atoms with Crippen LogP contribution in [0.25, 0.3) is 11.0 Å². The fraction of sp³-hybridized carbons (Fsp3) is 0.375. The summed E-state index contributed by atoms with van der Waals surface area (Å²) in [5, 5.41) is 6.10. The molecule has 2 heterocycles. The maximum atomic E-state index is 12.9. The third-order valence-electron chi connectivity index (χ3n) is 5.88. The van der Waals surface area contributed by atoms with Gasteiger partial charge in [0.1, 0.15) is 5.82 Å². The molecule has 1 fully saturated rings. The Morgan fingerprint density at radius 2 is 1.94 bits per heavy atom. The van der Waals surface area contributed by atoms with Crippen LogP contribution in [0.4, 0.5) is 10.5 Å². The average molecular weight is 420 g/mol. The molecule has 162 valence electrons. The van der Waals surface area contributed by atoms with Crippen LogP contribution in [0.3, 0.4) is 0 Å². The fourth-order valence-electron chi connectivity index (χ4n) is 4.06. The summed E-state index contributed by atoms with van der Waals surface area (Å²) in [5.41, 5.74) is 3.76. The first-order valence-corrected chi connectivity index (χ1v) is 10.9. The van der Waals surface area contributed by atoms with E-state index in [-0.39, 0.29) is 23.9 Å². The number of nitrogens with one attached hydrogen (secondary N) is 3. The Labute approximate surface area is 182 Å². The molecule has 0 saturated carbocycles. The number of aromatic amines is 1. The molecule has 1 aliphatic heterocycles. The van der Waals surface area contributed by atoms with E-state index in [0.29, 0.717) is 25.9 Å². The number of aromatic nitrogens is 2. The largest absolute Gasteiger partial charge is 0.346 e. The molecule has 31 heavy (non-hydrogen) atoms. The van der Waals surface area contributed by atoms with Gasteiger partial charge in [0.25, 0.3) is 0 Å². The van der Waals surface area contributed by atoms with Gasteiger partial charge in [-0.25, -0.2) is 9.78 Å². The molecule has 0 aliphatic carbocycles. The summed E-state index contributed by atoms with van der Waals surface area (Å²) in [5.74, 6) is 0.722. The molecule has 3 aromatic rings. The van der Waals surface area contributed by atoms with Crippen molar-refractivity contribution >= 4 is 28.7 Å². The van der Waals surface area contributed by atoms with Crippen molar-refractivity contribution in [2.45, 2.75) is 39.2 Å². The number of aryl methyl sites for hydroxylation is 1. The molecule has 7 nitrogen and oxygen atoms in total. The number of piperidine rings is 1.